The van der Waals surface area contributed by atoms with Gasteiger partial charge >= 0.3 is 0 Å². The standard InChI is InChI=1S/C12H14FO/c1-2-3-4-5-9-14-12-8-6-7-11(13)10-12/h3-4,6,8,10H,2,5,9H2,1H3/b4-3+. The molecule has 0 heterocycles. The molecule has 0 bridgehead atoms. The molecule has 0 aliphatic rings. The third-order valence-corrected chi connectivity index (χ3v) is 1.69. The zero-order valence-corrected chi connectivity index (χ0v) is 8.29. The second kappa shape index (κ2) is 6.19. The van der Waals surface area contributed by atoms with Crippen LogP contribution in [0.5, 0.6) is 5.75 Å². The van der Waals surface area contributed by atoms with Gasteiger partial charge in [0.1, 0.15) is 11.6 Å². The summed E-state index contributed by atoms with van der Waals surface area (Å²) >= 11 is 0. The highest BCUT2D eigenvalue weighted by Crippen LogP contribution is 2.11. The average molecular weight is 193 g/mol. The predicted octanol–water partition coefficient (Wildman–Crippen LogP) is 3.36. The molecule has 0 unspecified atom stereocenters. The summed E-state index contributed by atoms with van der Waals surface area (Å²) in [7, 11) is 0. The van der Waals surface area contributed by atoms with E-state index in [0.29, 0.717) is 12.4 Å². The highest BCUT2D eigenvalue weighted by atomic mass is 19.1. The molecule has 2 heteroatoms. The molecule has 0 atom stereocenters. The predicted molar refractivity (Wildman–Crippen MR) is 54.8 cm³/mol. The molecule has 14 heavy (non-hydrogen) atoms. The van der Waals surface area contributed by atoms with E-state index < -0.39 is 0 Å². The van der Waals surface area contributed by atoms with E-state index in [2.05, 4.69) is 25.1 Å². The van der Waals surface area contributed by atoms with Crippen molar-refractivity contribution in [3.05, 3.63) is 42.2 Å². The summed E-state index contributed by atoms with van der Waals surface area (Å²) in [5, 5.41) is 0. The van der Waals surface area contributed by atoms with Crippen LogP contribution >= 0.6 is 0 Å². The van der Waals surface area contributed by atoms with Crippen LogP contribution in [0, 0.1) is 11.9 Å². The molecule has 1 aromatic rings. The van der Waals surface area contributed by atoms with E-state index in [4.69, 9.17) is 4.74 Å². The number of benzene rings is 1. The molecule has 0 saturated heterocycles. The molecule has 0 fully saturated rings. The zero-order valence-electron chi connectivity index (χ0n) is 8.29. The molecule has 1 nitrogen and oxygen atoms in total. The van der Waals surface area contributed by atoms with Crippen LogP contribution in [-0.2, 0) is 0 Å². The Bertz CT molecular complexity index is 294. The lowest BCUT2D eigenvalue weighted by Gasteiger charge is -2.03. The molecule has 0 amide bonds. The molecule has 0 spiro atoms. The minimum atomic E-state index is -0.383. The molecule has 1 aromatic carbocycles. The van der Waals surface area contributed by atoms with E-state index in [0.717, 1.165) is 12.8 Å². The fourth-order valence-corrected chi connectivity index (χ4v) is 1.04. The first-order valence-electron chi connectivity index (χ1n) is 4.78. The fourth-order valence-electron chi connectivity index (χ4n) is 1.04. The van der Waals surface area contributed by atoms with Gasteiger partial charge in [-0.1, -0.05) is 19.1 Å². The van der Waals surface area contributed by atoms with Crippen molar-refractivity contribution in [2.24, 2.45) is 0 Å². The normalized spacial score (nSPS) is 10.7. The molecular weight excluding hydrogens is 179 g/mol. The van der Waals surface area contributed by atoms with Crippen molar-refractivity contribution < 1.29 is 9.13 Å². The Kier molecular flexibility index (Phi) is 4.76. The van der Waals surface area contributed by atoms with E-state index in [1.165, 1.54) is 12.1 Å². The Balaban J connectivity index is 2.28. The number of halogens is 1. The van der Waals surface area contributed by atoms with Gasteiger partial charge in [-0.05, 0) is 25.0 Å². The first kappa shape index (κ1) is 10.8. The van der Waals surface area contributed by atoms with E-state index in [-0.39, 0.29) is 5.82 Å². The number of hydrogen-bond donors (Lipinski definition) is 0. The van der Waals surface area contributed by atoms with E-state index in [1.54, 1.807) is 6.07 Å². The zero-order chi connectivity index (χ0) is 10.2. The summed E-state index contributed by atoms with van der Waals surface area (Å²) < 4.78 is 18.0. The number of ether oxygens (including phenoxy) is 1. The van der Waals surface area contributed by atoms with Crippen LogP contribution in [0.15, 0.2) is 30.4 Å². The maximum absolute atomic E-state index is 12.6. The summed E-state index contributed by atoms with van der Waals surface area (Å²) in [5.41, 5.74) is 0. The maximum Gasteiger partial charge on any atom is 0.134 e. The highest BCUT2D eigenvalue weighted by Gasteiger charge is 1.94. The Morgan fingerprint density at radius 1 is 1.50 bits per heavy atom. The quantitative estimate of drug-likeness (QED) is 0.514. The summed E-state index contributed by atoms with van der Waals surface area (Å²) in [4.78, 5) is 0. The second-order valence-electron chi connectivity index (χ2n) is 2.89. The van der Waals surface area contributed by atoms with E-state index >= 15 is 0 Å². The number of rotatable bonds is 5. The largest absolute Gasteiger partial charge is 0.493 e. The van der Waals surface area contributed by atoms with Gasteiger partial charge in [0.25, 0.3) is 0 Å². The molecule has 0 aliphatic heterocycles. The summed E-state index contributed by atoms with van der Waals surface area (Å²) in [5.74, 6) is 0.178. The minimum absolute atomic E-state index is 0.383. The first-order chi connectivity index (χ1) is 6.83. The number of allylic oxidation sites excluding steroid dienone is 1. The minimum Gasteiger partial charge on any atom is -0.493 e. The highest BCUT2D eigenvalue weighted by molar-refractivity contribution is 5.21. The Labute approximate surface area is 84.2 Å². The molecule has 0 aromatic heterocycles. The molecular formula is C12H14FO. The van der Waals surface area contributed by atoms with Crippen LogP contribution in [0.3, 0.4) is 0 Å². The van der Waals surface area contributed by atoms with Gasteiger partial charge < -0.3 is 4.74 Å². The van der Waals surface area contributed by atoms with Gasteiger partial charge in [0, 0.05) is 12.1 Å². The van der Waals surface area contributed by atoms with Gasteiger partial charge in [-0.2, -0.15) is 0 Å². The van der Waals surface area contributed by atoms with E-state index in [1.807, 2.05) is 0 Å². The topological polar surface area (TPSA) is 9.23 Å². The smallest absolute Gasteiger partial charge is 0.134 e. The molecule has 0 saturated carbocycles. The van der Waals surface area contributed by atoms with Gasteiger partial charge in [0.15, 0.2) is 0 Å². The Hall–Kier alpha value is -1.31. The SMILES string of the molecule is CC/C=C/CCOc1cc[c]c(F)c1. The fraction of sp³-hybridized carbons (Fsp3) is 0.333. The molecule has 1 rings (SSSR count). The van der Waals surface area contributed by atoms with Crippen molar-refractivity contribution in [2.75, 3.05) is 6.61 Å². The lowest BCUT2D eigenvalue weighted by molar-refractivity contribution is 0.323. The van der Waals surface area contributed by atoms with Crippen LogP contribution in [0.25, 0.3) is 0 Å². The van der Waals surface area contributed by atoms with E-state index in [9.17, 15) is 4.39 Å². The van der Waals surface area contributed by atoms with Gasteiger partial charge in [-0.15, -0.1) is 0 Å². The Morgan fingerprint density at radius 2 is 2.36 bits per heavy atom. The van der Waals surface area contributed by atoms with Gasteiger partial charge in [0.05, 0.1) is 6.61 Å². The van der Waals surface area contributed by atoms with Crippen molar-refractivity contribution in [1.82, 2.24) is 0 Å². The van der Waals surface area contributed by atoms with Gasteiger partial charge in [0.2, 0.25) is 0 Å². The summed E-state index contributed by atoms with van der Waals surface area (Å²) in [6, 6.07) is 6.98. The molecule has 0 aliphatic carbocycles. The van der Waals surface area contributed by atoms with Crippen LogP contribution < -0.4 is 4.74 Å². The third kappa shape index (κ3) is 4.08. The van der Waals surface area contributed by atoms with Crippen LogP contribution in [0.1, 0.15) is 19.8 Å². The molecule has 1 radical (unpaired) electrons. The third-order valence-electron chi connectivity index (χ3n) is 1.69. The maximum atomic E-state index is 12.6. The van der Waals surface area contributed by atoms with Crippen molar-refractivity contribution in [2.45, 2.75) is 19.8 Å². The second-order valence-corrected chi connectivity index (χ2v) is 2.89. The average Bonchev–Trinajstić information content (AvgIpc) is 2.18. The van der Waals surface area contributed by atoms with Crippen molar-refractivity contribution in [3.63, 3.8) is 0 Å². The summed E-state index contributed by atoms with van der Waals surface area (Å²) in [6.45, 7) is 2.67. The van der Waals surface area contributed by atoms with Gasteiger partial charge in [-0.25, -0.2) is 4.39 Å². The van der Waals surface area contributed by atoms with Crippen molar-refractivity contribution in [3.8, 4) is 5.75 Å². The van der Waals surface area contributed by atoms with Crippen molar-refractivity contribution in [1.29, 1.82) is 0 Å². The lowest BCUT2D eigenvalue weighted by atomic mass is 10.3. The van der Waals surface area contributed by atoms with Crippen LogP contribution in [0.2, 0.25) is 0 Å². The lowest BCUT2D eigenvalue weighted by Crippen LogP contribution is -1.95. The molecule has 0 N–H and O–H groups in total. The Morgan fingerprint density at radius 3 is 3.07 bits per heavy atom. The monoisotopic (exact) mass is 193 g/mol. The van der Waals surface area contributed by atoms with Crippen molar-refractivity contribution >= 4 is 0 Å². The van der Waals surface area contributed by atoms with Crippen LogP contribution in [-0.4, -0.2) is 6.61 Å². The summed E-state index contributed by atoms with van der Waals surface area (Å²) in [6.07, 6.45) is 6.04. The first-order valence-corrected chi connectivity index (χ1v) is 4.78. The van der Waals surface area contributed by atoms with Crippen LogP contribution in [0.4, 0.5) is 4.39 Å². The number of hydrogen-bond acceptors (Lipinski definition) is 1. The van der Waals surface area contributed by atoms with Gasteiger partial charge in [-0.3, -0.25) is 0 Å². The molecule has 75 valence electrons.